The molecule has 0 radical (unpaired) electrons. The van der Waals surface area contributed by atoms with E-state index < -0.39 is 0 Å². The van der Waals surface area contributed by atoms with E-state index in [1.807, 2.05) is 12.1 Å². The zero-order valence-corrected chi connectivity index (χ0v) is 9.33. The van der Waals surface area contributed by atoms with E-state index in [0.29, 0.717) is 17.7 Å². The van der Waals surface area contributed by atoms with E-state index in [1.165, 1.54) is 0 Å². The summed E-state index contributed by atoms with van der Waals surface area (Å²) >= 11 is 0. The molecule has 2 heteroatoms. The second kappa shape index (κ2) is 4.36. The SMILES string of the molecule is CC(C)Nc1ccc(O)c(C(C)C)c1. The highest BCUT2D eigenvalue weighted by Crippen LogP contribution is 2.28. The van der Waals surface area contributed by atoms with Crippen molar-refractivity contribution in [3.05, 3.63) is 23.8 Å². The molecule has 1 aromatic rings. The highest BCUT2D eigenvalue weighted by atomic mass is 16.3. The van der Waals surface area contributed by atoms with Gasteiger partial charge in [-0.3, -0.25) is 0 Å². The second-order valence-electron chi connectivity index (χ2n) is 4.23. The van der Waals surface area contributed by atoms with Crippen molar-refractivity contribution in [1.29, 1.82) is 0 Å². The Balaban J connectivity index is 2.94. The molecule has 0 saturated carbocycles. The van der Waals surface area contributed by atoms with Crippen LogP contribution in [-0.4, -0.2) is 11.1 Å². The number of phenols is 1. The first-order valence-electron chi connectivity index (χ1n) is 5.10. The van der Waals surface area contributed by atoms with Crippen molar-refractivity contribution < 1.29 is 5.11 Å². The standard InChI is InChI=1S/C12H19NO/c1-8(2)11-7-10(13-9(3)4)5-6-12(11)14/h5-9,13-14H,1-4H3. The van der Waals surface area contributed by atoms with E-state index in [0.717, 1.165) is 11.3 Å². The number of aromatic hydroxyl groups is 1. The molecule has 0 atom stereocenters. The Morgan fingerprint density at radius 3 is 2.29 bits per heavy atom. The average Bonchev–Trinajstić information content (AvgIpc) is 2.07. The molecule has 0 aliphatic heterocycles. The quantitative estimate of drug-likeness (QED) is 0.722. The third-order valence-corrected chi connectivity index (χ3v) is 2.10. The van der Waals surface area contributed by atoms with Gasteiger partial charge in [0.25, 0.3) is 0 Å². The van der Waals surface area contributed by atoms with Crippen LogP contribution in [0.15, 0.2) is 18.2 Å². The Morgan fingerprint density at radius 1 is 1.14 bits per heavy atom. The fourth-order valence-electron chi connectivity index (χ4n) is 1.44. The molecule has 0 amide bonds. The highest BCUT2D eigenvalue weighted by Gasteiger charge is 2.06. The number of nitrogens with one attached hydrogen (secondary N) is 1. The van der Waals surface area contributed by atoms with Gasteiger partial charge in [-0.25, -0.2) is 0 Å². The van der Waals surface area contributed by atoms with Gasteiger partial charge >= 0.3 is 0 Å². The maximum Gasteiger partial charge on any atom is 0.119 e. The minimum atomic E-state index is 0.351. The fraction of sp³-hybridized carbons (Fsp3) is 0.500. The number of anilines is 1. The van der Waals surface area contributed by atoms with Crippen LogP contribution < -0.4 is 5.32 Å². The summed E-state index contributed by atoms with van der Waals surface area (Å²) in [6.45, 7) is 8.35. The van der Waals surface area contributed by atoms with Crippen molar-refractivity contribution in [2.45, 2.75) is 39.7 Å². The monoisotopic (exact) mass is 193 g/mol. The molecule has 2 nitrogen and oxygen atoms in total. The number of hydrogen-bond acceptors (Lipinski definition) is 2. The fourth-order valence-corrected chi connectivity index (χ4v) is 1.44. The number of phenolic OH excluding ortho intramolecular Hbond substituents is 1. The summed E-state index contributed by atoms with van der Waals surface area (Å²) < 4.78 is 0. The summed E-state index contributed by atoms with van der Waals surface area (Å²) in [7, 11) is 0. The second-order valence-corrected chi connectivity index (χ2v) is 4.23. The summed E-state index contributed by atoms with van der Waals surface area (Å²) in [5, 5.41) is 12.9. The third-order valence-electron chi connectivity index (χ3n) is 2.10. The van der Waals surface area contributed by atoms with Crippen LogP contribution in [0.25, 0.3) is 0 Å². The third kappa shape index (κ3) is 2.66. The number of hydrogen-bond donors (Lipinski definition) is 2. The number of rotatable bonds is 3. The lowest BCUT2D eigenvalue weighted by molar-refractivity contribution is 0.465. The predicted octanol–water partition coefficient (Wildman–Crippen LogP) is 3.34. The molecule has 0 saturated heterocycles. The van der Waals surface area contributed by atoms with Gasteiger partial charge in [0, 0.05) is 11.7 Å². The molecule has 1 aromatic carbocycles. The van der Waals surface area contributed by atoms with Gasteiger partial charge < -0.3 is 10.4 Å². The molecular formula is C12H19NO. The van der Waals surface area contributed by atoms with Crippen molar-refractivity contribution in [2.75, 3.05) is 5.32 Å². The van der Waals surface area contributed by atoms with Crippen molar-refractivity contribution in [2.24, 2.45) is 0 Å². The van der Waals surface area contributed by atoms with Gasteiger partial charge in [-0.2, -0.15) is 0 Å². The van der Waals surface area contributed by atoms with Gasteiger partial charge in [0.15, 0.2) is 0 Å². The topological polar surface area (TPSA) is 32.3 Å². The highest BCUT2D eigenvalue weighted by molar-refractivity contribution is 5.52. The van der Waals surface area contributed by atoms with E-state index >= 15 is 0 Å². The summed E-state index contributed by atoms with van der Waals surface area (Å²) in [5.74, 6) is 0.734. The van der Waals surface area contributed by atoms with Crippen molar-refractivity contribution in [1.82, 2.24) is 0 Å². The van der Waals surface area contributed by atoms with Crippen LogP contribution in [0.5, 0.6) is 5.75 Å². The molecule has 78 valence electrons. The van der Waals surface area contributed by atoms with Crippen LogP contribution in [0, 0.1) is 0 Å². The molecule has 0 unspecified atom stereocenters. The summed E-state index contributed by atoms with van der Waals surface area (Å²) in [5.41, 5.74) is 2.07. The molecule has 0 aliphatic carbocycles. The molecule has 2 N–H and O–H groups in total. The van der Waals surface area contributed by atoms with E-state index in [9.17, 15) is 5.11 Å². The van der Waals surface area contributed by atoms with Gasteiger partial charge in [-0.15, -0.1) is 0 Å². The molecule has 0 aliphatic rings. The first-order chi connectivity index (χ1) is 6.50. The first-order valence-corrected chi connectivity index (χ1v) is 5.10. The maximum atomic E-state index is 9.61. The predicted molar refractivity (Wildman–Crippen MR) is 61.0 cm³/mol. The molecule has 0 heterocycles. The summed E-state index contributed by atoms with van der Waals surface area (Å²) in [4.78, 5) is 0. The first kappa shape index (κ1) is 10.9. The van der Waals surface area contributed by atoms with Gasteiger partial charge in [-0.1, -0.05) is 13.8 Å². The average molecular weight is 193 g/mol. The van der Waals surface area contributed by atoms with E-state index in [2.05, 4.69) is 33.0 Å². The molecule has 0 spiro atoms. The van der Waals surface area contributed by atoms with Crippen molar-refractivity contribution in [3.63, 3.8) is 0 Å². The van der Waals surface area contributed by atoms with E-state index in [1.54, 1.807) is 6.07 Å². The molecular weight excluding hydrogens is 174 g/mol. The molecule has 0 fully saturated rings. The lowest BCUT2D eigenvalue weighted by Gasteiger charge is -2.14. The smallest absolute Gasteiger partial charge is 0.119 e. The lowest BCUT2D eigenvalue weighted by atomic mass is 10.0. The Hall–Kier alpha value is -1.18. The van der Waals surface area contributed by atoms with Gasteiger partial charge in [0.1, 0.15) is 5.75 Å². The minimum Gasteiger partial charge on any atom is -0.508 e. The van der Waals surface area contributed by atoms with Crippen LogP contribution in [0.2, 0.25) is 0 Å². The number of benzene rings is 1. The maximum absolute atomic E-state index is 9.61. The molecule has 14 heavy (non-hydrogen) atoms. The van der Waals surface area contributed by atoms with Crippen LogP contribution in [0.4, 0.5) is 5.69 Å². The van der Waals surface area contributed by atoms with Crippen molar-refractivity contribution in [3.8, 4) is 5.75 Å². The Morgan fingerprint density at radius 2 is 1.79 bits per heavy atom. The summed E-state index contributed by atoms with van der Waals surface area (Å²) in [6.07, 6.45) is 0. The van der Waals surface area contributed by atoms with Gasteiger partial charge in [0.05, 0.1) is 0 Å². The van der Waals surface area contributed by atoms with E-state index in [4.69, 9.17) is 0 Å². The Bertz CT molecular complexity index is 305. The Labute approximate surface area is 86.0 Å². The van der Waals surface area contributed by atoms with E-state index in [-0.39, 0.29) is 0 Å². The summed E-state index contributed by atoms with van der Waals surface area (Å²) in [6, 6.07) is 6.08. The minimum absolute atomic E-state index is 0.351. The largest absolute Gasteiger partial charge is 0.508 e. The zero-order valence-electron chi connectivity index (χ0n) is 9.33. The zero-order chi connectivity index (χ0) is 10.7. The van der Waals surface area contributed by atoms with Crippen molar-refractivity contribution >= 4 is 5.69 Å². The van der Waals surface area contributed by atoms with Crippen LogP contribution >= 0.6 is 0 Å². The molecule has 0 aromatic heterocycles. The lowest BCUT2D eigenvalue weighted by Crippen LogP contribution is -2.09. The molecule has 0 bridgehead atoms. The van der Waals surface area contributed by atoms with Crippen LogP contribution in [-0.2, 0) is 0 Å². The van der Waals surface area contributed by atoms with Crippen LogP contribution in [0.1, 0.15) is 39.2 Å². The van der Waals surface area contributed by atoms with Crippen LogP contribution in [0.3, 0.4) is 0 Å². The van der Waals surface area contributed by atoms with Gasteiger partial charge in [0.2, 0.25) is 0 Å². The Kier molecular flexibility index (Phi) is 3.39. The van der Waals surface area contributed by atoms with Gasteiger partial charge in [-0.05, 0) is 43.5 Å². The molecule has 1 rings (SSSR count). The normalized spacial score (nSPS) is 11.0.